The summed E-state index contributed by atoms with van der Waals surface area (Å²) >= 11 is 0. The third-order valence-electron chi connectivity index (χ3n) is 2.30. The van der Waals surface area contributed by atoms with Crippen LogP contribution in [-0.4, -0.2) is 38.2 Å². The van der Waals surface area contributed by atoms with E-state index in [4.69, 9.17) is 9.05 Å². The summed E-state index contributed by atoms with van der Waals surface area (Å²) < 4.78 is 22.5. The van der Waals surface area contributed by atoms with Gasteiger partial charge in [-0.1, -0.05) is 0 Å². The highest BCUT2D eigenvalue weighted by Gasteiger charge is 2.37. The predicted molar refractivity (Wildman–Crippen MR) is 62.3 cm³/mol. The molecule has 0 aliphatic carbocycles. The van der Waals surface area contributed by atoms with E-state index in [0.717, 1.165) is 5.56 Å². The number of pyridine rings is 1. The summed E-state index contributed by atoms with van der Waals surface area (Å²) in [7, 11) is 3.27. The van der Waals surface area contributed by atoms with Gasteiger partial charge in [0.1, 0.15) is 5.78 Å². The highest BCUT2D eigenvalue weighted by Crippen LogP contribution is 2.60. The Bertz CT molecular complexity index is 362. The zero-order valence-electron chi connectivity index (χ0n) is 9.95. The first kappa shape index (κ1) is 13.3. The molecule has 0 aliphatic rings. The SMILES string of the molecule is COP(=O)(OC)C(c1ccncc1)N(C)C. The molecule has 0 radical (unpaired) electrons. The zero-order chi connectivity index (χ0) is 12.2. The molecular formula is C10H17N2O3P. The molecule has 1 aromatic rings. The maximum absolute atomic E-state index is 12.4. The third-order valence-corrected chi connectivity index (χ3v) is 4.68. The fourth-order valence-corrected chi connectivity index (χ4v) is 3.22. The Morgan fingerprint density at radius 2 is 1.75 bits per heavy atom. The van der Waals surface area contributed by atoms with Crippen molar-refractivity contribution in [3.05, 3.63) is 30.1 Å². The molecule has 90 valence electrons. The molecule has 5 nitrogen and oxygen atoms in total. The van der Waals surface area contributed by atoms with Crippen LogP contribution in [0.15, 0.2) is 24.5 Å². The zero-order valence-corrected chi connectivity index (χ0v) is 10.8. The molecule has 1 heterocycles. The van der Waals surface area contributed by atoms with Crippen molar-refractivity contribution in [3.8, 4) is 0 Å². The van der Waals surface area contributed by atoms with Crippen LogP contribution in [0.3, 0.4) is 0 Å². The fourth-order valence-electron chi connectivity index (χ4n) is 1.57. The highest BCUT2D eigenvalue weighted by molar-refractivity contribution is 7.54. The van der Waals surface area contributed by atoms with Crippen molar-refractivity contribution in [1.82, 2.24) is 9.88 Å². The Hall–Kier alpha value is -0.740. The summed E-state index contributed by atoms with van der Waals surface area (Å²) in [6.45, 7) is 0. The fraction of sp³-hybridized carbons (Fsp3) is 0.500. The van der Waals surface area contributed by atoms with Gasteiger partial charge in [0.05, 0.1) is 0 Å². The van der Waals surface area contributed by atoms with Crippen molar-refractivity contribution in [2.24, 2.45) is 0 Å². The molecule has 0 bridgehead atoms. The lowest BCUT2D eigenvalue weighted by molar-refractivity contribution is 0.228. The van der Waals surface area contributed by atoms with E-state index in [-0.39, 0.29) is 0 Å². The second-order valence-electron chi connectivity index (χ2n) is 3.52. The van der Waals surface area contributed by atoms with Gasteiger partial charge < -0.3 is 9.05 Å². The average molecular weight is 244 g/mol. The lowest BCUT2D eigenvalue weighted by atomic mass is 10.2. The van der Waals surface area contributed by atoms with Gasteiger partial charge in [0.15, 0.2) is 0 Å². The van der Waals surface area contributed by atoms with Crippen LogP contribution in [0.1, 0.15) is 11.3 Å². The van der Waals surface area contributed by atoms with Crippen molar-refractivity contribution in [1.29, 1.82) is 0 Å². The molecule has 0 fully saturated rings. The summed E-state index contributed by atoms with van der Waals surface area (Å²) in [4.78, 5) is 5.74. The van der Waals surface area contributed by atoms with Crippen molar-refractivity contribution in [2.45, 2.75) is 5.78 Å². The van der Waals surface area contributed by atoms with E-state index in [0.29, 0.717) is 0 Å². The molecule has 1 rings (SSSR count). The van der Waals surface area contributed by atoms with Gasteiger partial charge in [-0.3, -0.25) is 14.4 Å². The van der Waals surface area contributed by atoms with Gasteiger partial charge in [-0.05, 0) is 31.8 Å². The lowest BCUT2D eigenvalue weighted by Gasteiger charge is -2.29. The number of hydrogen-bond donors (Lipinski definition) is 0. The van der Waals surface area contributed by atoms with Crippen LogP contribution in [0.5, 0.6) is 0 Å². The molecule has 0 aromatic carbocycles. The van der Waals surface area contributed by atoms with E-state index in [1.165, 1.54) is 14.2 Å². The second-order valence-corrected chi connectivity index (χ2v) is 5.82. The molecule has 0 N–H and O–H groups in total. The normalized spacial score (nSPS) is 14.1. The van der Waals surface area contributed by atoms with Crippen molar-refractivity contribution < 1.29 is 13.6 Å². The van der Waals surface area contributed by atoms with E-state index in [1.807, 2.05) is 19.0 Å². The van der Waals surface area contributed by atoms with Crippen LogP contribution in [0.4, 0.5) is 0 Å². The van der Waals surface area contributed by atoms with E-state index in [2.05, 4.69) is 4.98 Å². The number of nitrogens with zero attached hydrogens (tertiary/aromatic N) is 2. The Morgan fingerprint density at radius 3 is 2.12 bits per heavy atom. The molecule has 0 aliphatic heterocycles. The molecule has 1 atom stereocenters. The molecular weight excluding hydrogens is 227 g/mol. The standard InChI is InChI=1S/C10H17N2O3P/c1-12(2)10(16(13,14-3)15-4)9-5-7-11-8-6-9/h5-8,10H,1-4H3. The molecule has 1 aromatic heterocycles. The largest absolute Gasteiger partial charge is 0.351 e. The van der Waals surface area contributed by atoms with Crippen LogP contribution in [0.25, 0.3) is 0 Å². The van der Waals surface area contributed by atoms with Crippen LogP contribution < -0.4 is 0 Å². The van der Waals surface area contributed by atoms with Gasteiger partial charge in [0.25, 0.3) is 0 Å². The topological polar surface area (TPSA) is 51.7 Å². The molecule has 1 unspecified atom stereocenters. The van der Waals surface area contributed by atoms with Crippen LogP contribution in [-0.2, 0) is 13.6 Å². The molecule has 0 saturated carbocycles. The summed E-state index contributed by atoms with van der Waals surface area (Å²) in [5.41, 5.74) is 0.854. The molecule has 0 spiro atoms. The monoisotopic (exact) mass is 244 g/mol. The summed E-state index contributed by atoms with van der Waals surface area (Å²) in [6.07, 6.45) is 3.31. The van der Waals surface area contributed by atoms with Gasteiger partial charge in [0.2, 0.25) is 0 Å². The number of rotatable bonds is 5. The molecule has 0 saturated heterocycles. The van der Waals surface area contributed by atoms with Gasteiger partial charge in [-0.15, -0.1) is 0 Å². The smallest absolute Gasteiger partial charge is 0.311 e. The molecule has 0 amide bonds. The van der Waals surface area contributed by atoms with Gasteiger partial charge in [-0.2, -0.15) is 0 Å². The van der Waals surface area contributed by atoms with E-state index < -0.39 is 13.4 Å². The maximum Gasteiger partial charge on any atom is 0.351 e. The minimum Gasteiger partial charge on any atom is -0.311 e. The highest BCUT2D eigenvalue weighted by atomic mass is 31.2. The summed E-state index contributed by atoms with van der Waals surface area (Å²) in [5, 5.41) is 0. The predicted octanol–water partition coefficient (Wildman–Crippen LogP) is 2.13. The maximum atomic E-state index is 12.4. The first-order valence-electron chi connectivity index (χ1n) is 4.82. The minimum absolute atomic E-state index is 0.425. The van der Waals surface area contributed by atoms with Crippen LogP contribution >= 0.6 is 7.60 Å². The number of hydrogen-bond acceptors (Lipinski definition) is 5. The van der Waals surface area contributed by atoms with Gasteiger partial charge >= 0.3 is 7.60 Å². The lowest BCUT2D eigenvalue weighted by Crippen LogP contribution is -2.21. The third kappa shape index (κ3) is 2.68. The summed E-state index contributed by atoms with van der Waals surface area (Å²) in [6, 6.07) is 3.60. The van der Waals surface area contributed by atoms with Crippen molar-refractivity contribution in [3.63, 3.8) is 0 Å². The van der Waals surface area contributed by atoms with Gasteiger partial charge in [0, 0.05) is 26.6 Å². The quantitative estimate of drug-likeness (QED) is 0.742. The van der Waals surface area contributed by atoms with Crippen LogP contribution in [0, 0.1) is 0 Å². The first-order valence-corrected chi connectivity index (χ1v) is 6.44. The summed E-state index contributed by atoms with van der Waals surface area (Å²) in [5.74, 6) is -0.425. The first-order chi connectivity index (χ1) is 7.55. The van der Waals surface area contributed by atoms with E-state index in [1.54, 1.807) is 24.5 Å². The van der Waals surface area contributed by atoms with Crippen LogP contribution in [0.2, 0.25) is 0 Å². The van der Waals surface area contributed by atoms with Gasteiger partial charge in [-0.25, -0.2) is 0 Å². The minimum atomic E-state index is -3.17. The Balaban J connectivity index is 3.15. The van der Waals surface area contributed by atoms with E-state index >= 15 is 0 Å². The van der Waals surface area contributed by atoms with Crippen molar-refractivity contribution >= 4 is 7.60 Å². The van der Waals surface area contributed by atoms with Crippen molar-refractivity contribution in [2.75, 3.05) is 28.3 Å². The Kier molecular flexibility index (Phi) is 4.62. The second kappa shape index (κ2) is 5.55. The molecule has 16 heavy (non-hydrogen) atoms. The Morgan fingerprint density at radius 1 is 1.25 bits per heavy atom. The van der Waals surface area contributed by atoms with E-state index in [9.17, 15) is 4.57 Å². The average Bonchev–Trinajstić information content (AvgIpc) is 2.30. The Labute approximate surface area is 95.9 Å². The molecule has 6 heteroatoms. The number of aromatic nitrogens is 1.